The largest absolute Gasteiger partial charge is 0.335 e. The van der Waals surface area contributed by atoms with Crippen LogP contribution in [0.3, 0.4) is 0 Å². The van der Waals surface area contributed by atoms with Crippen LogP contribution in [0.2, 0.25) is 0 Å². The van der Waals surface area contributed by atoms with Gasteiger partial charge in [0.25, 0.3) is 0 Å². The molecule has 27 heavy (non-hydrogen) atoms. The van der Waals surface area contributed by atoms with Gasteiger partial charge in [-0.05, 0) is 76.1 Å². The molecule has 0 N–H and O–H groups in total. The van der Waals surface area contributed by atoms with E-state index in [9.17, 15) is 0 Å². The fraction of sp³-hybridized carbons (Fsp3) is 0.292. The molecule has 1 aromatic heterocycles. The topological polar surface area (TPSA) is 7.12 Å². The first-order valence-corrected chi connectivity index (χ1v) is 10.5. The first-order valence-electron chi connectivity index (χ1n) is 9.73. The number of hydrogen-bond donors (Lipinski definition) is 0. The van der Waals surface area contributed by atoms with Crippen LogP contribution in [0.1, 0.15) is 36.2 Å². The Morgan fingerprint density at radius 1 is 0.963 bits per heavy atom. The Hall–Kier alpha value is -2.26. The number of pyridine rings is 1. The predicted octanol–water partition coefficient (Wildman–Crippen LogP) is 6.00. The van der Waals surface area contributed by atoms with Gasteiger partial charge in [-0.2, -0.15) is 4.57 Å². The molecule has 0 spiro atoms. The zero-order valence-corrected chi connectivity index (χ0v) is 17.7. The van der Waals surface area contributed by atoms with Gasteiger partial charge in [0.15, 0.2) is 0 Å². The van der Waals surface area contributed by atoms with Crippen molar-refractivity contribution >= 4 is 34.4 Å². The van der Waals surface area contributed by atoms with Gasteiger partial charge in [-0.3, -0.25) is 0 Å². The first-order chi connectivity index (χ1) is 13.0. The number of rotatable bonds is 3. The molecule has 0 saturated heterocycles. The summed E-state index contributed by atoms with van der Waals surface area (Å²) in [7, 11) is 0. The van der Waals surface area contributed by atoms with Gasteiger partial charge in [0.05, 0.1) is 10.7 Å². The molecule has 0 atom stereocenters. The molecule has 0 radical (unpaired) electrons. The van der Waals surface area contributed by atoms with Gasteiger partial charge in [-0.1, -0.05) is 17.8 Å². The van der Waals surface area contributed by atoms with Crippen LogP contribution < -0.4 is 9.47 Å². The van der Waals surface area contributed by atoms with E-state index in [2.05, 4.69) is 92.6 Å². The third-order valence-corrected chi connectivity index (χ3v) is 6.37. The van der Waals surface area contributed by atoms with E-state index in [1.807, 2.05) is 11.8 Å². The van der Waals surface area contributed by atoms with E-state index in [1.165, 1.54) is 48.9 Å². The molecule has 0 fully saturated rings. The van der Waals surface area contributed by atoms with Crippen molar-refractivity contribution in [3.8, 4) is 0 Å². The summed E-state index contributed by atoms with van der Waals surface area (Å²) in [6.07, 6.45) is 2.35. The lowest BCUT2D eigenvalue weighted by molar-refractivity contribution is -0.669. The molecular weight excluding hydrogens is 348 g/mol. The minimum Gasteiger partial charge on any atom is -0.335 e. The molecule has 0 aliphatic carbocycles. The second-order valence-electron chi connectivity index (χ2n) is 7.32. The molecule has 2 aromatic carbocycles. The zero-order valence-electron chi connectivity index (χ0n) is 16.8. The van der Waals surface area contributed by atoms with Crippen molar-refractivity contribution in [2.75, 3.05) is 11.4 Å². The van der Waals surface area contributed by atoms with Gasteiger partial charge in [0, 0.05) is 34.5 Å². The fourth-order valence-electron chi connectivity index (χ4n) is 4.12. The highest BCUT2D eigenvalue weighted by Crippen LogP contribution is 2.46. The summed E-state index contributed by atoms with van der Waals surface area (Å²) in [6.45, 7) is 13.0. The second-order valence-corrected chi connectivity index (χ2v) is 8.38. The van der Waals surface area contributed by atoms with Gasteiger partial charge in [-0.25, -0.2) is 0 Å². The van der Waals surface area contributed by atoms with E-state index in [-0.39, 0.29) is 0 Å². The van der Waals surface area contributed by atoms with Crippen molar-refractivity contribution in [3.05, 3.63) is 69.9 Å². The molecule has 3 aromatic rings. The summed E-state index contributed by atoms with van der Waals surface area (Å²) >= 11 is 1.88. The molecule has 138 valence electrons. The van der Waals surface area contributed by atoms with E-state index in [0.29, 0.717) is 0 Å². The Labute approximate surface area is 166 Å². The number of anilines is 1. The molecular formula is C24H27N2S+. The maximum atomic E-state index is 2.44. The van der Waals surface area contributed by atoms with Gasteiger partial charge >= 0.3 is 0 Å². The normalized spacial score (nSPS) is 15.0. The lowest BCUT2D eigenvalue weighted by atomic mass is 10.1. The molecule has 4 rings (SSSR count). The number of fused-ring (bicyclic) bond motifs is 2. The molecule has 0 saturated carbocycles. The first kappa shape index (κ1) is 18.1. The number of nitrogens with zero attached hydrogens (tertiary/aromatic N) is 2. The Kier molecular flexibility index (Phi) is 4.73. The summed E-state index contributed by atoms with van der Waals surface area (Å²) in [6, 6.07) is 15.9. The van der Waals surface area contributed by atoms with E-state index in [1.54, 1.807) is 0 Å². The highest BCUT2D eigenvalue weighted by atomic mass is 32.2. The van der Waals surface area contributed by atoms with Gasteiger partial charge in [-0.15, -0.1) is 0 Å². The fourth-order valence-corrected chi connectivity index (χ4v) is 5.39. The SMILES string of the molecule is CCN1/C(=C\c2ccc3cc(C)cc(C)c3[n+]2CC)Sc2cc(C)ccc21. The average Bonchev–Trinajstić information content (AvgIpc) is 2.97. The average molecular weight is 376 g/mol. The van der Waals surface area contributed by atoms with E-state index >= 15 is 0 Å². The number of thioether (sulfide) groups is 1. The Morgan fingerprint density at radius 3 is 2.52 bits per heavy atom. The summed E-state index contributed by atoms with van der Waals surface area (Å²) < 4.78 is 2.44. The maximum Gasteiger partial charge on any atom is 0.215 e. The van der Waals surface area contributed by atoms with Crippen LogP contribution in [-0.2, 0) is 6.54 Å². The van der Waals surface area contributed by atoms with Crippen molar-refractivity contribution in [3.63, 3.8) is 0 Å². The molecule has 0 bridgehead atoms. The second kappa shape index (κ2) is 7.05. The van der Waals surface area contributed by atoms with Gasteiger partial charge in [0.1, 0.15) is 6.54 Å². The van der Waals surface area contributed by atoms with Gasteiger partial charge < -0.3 is 4.90 Å². The van der Waals surface area contributed by atoms with Crippen LogP contribution in [-0.4, -0.2) is 6.54 Å². The Bertz CT molecular complexity index is 1070. The standard InChI is InChI=1S/C24H27N2S/c1-6-25-20(10-9-19-13-17(4)12-18(5)24(19)25)15-23-26(7-2)21-11-8-16(3)14-22(21)27-23/h8-15H,6-7H2,1-5H3/q+1. The van der Waals surface area contributed by atoms with E-state index < -0.39 is 0 Å². The highest BCUT2D eigenvalue weighted by molar-refractivity contribution is 8.03. The van der Waals surface area contributed by atoms with Crippen LogP contribution in [0.25, 0.3) is 17.0 Å². The quantitative estimate of drug-likeness (QED) is 0.518. The van der Waals surface area contributed by atoms with Crippen LogP contribution in [0.5, 0.6) is 0 Å². The maximum absolute atomic E-state index is 2.44. The lowest BCUT2D eigenvalue weighted by Gasteiger charge is -2.18. The van der Waals surface area contributed by atoms with Crippen molar-refractivity contribution in [1.29, 1.82) is 0 Å². The smallest absolute Gasteiger partial charge is 0.215 e. The minimum atomic E-state index is 0.962. The minimum absolute atomic E-state index is 0.962. The van der Waals surface area contributed by atoms with Crippen molar-refractivity contribution in [1.82, 2.24) is 0 Å². The Morgan fingerprint density at radius 2 is 1.78 bits per heavy atom. The van der Waals surface area contributed by atoms with Crippen LogP contribution in [0.4, 0.5) is 5.69 Å². The summed E-state index contributed by atoms with van der Waals surface area (Å²) in [4.78, 5) is 3.78. The number of aromatic nitrogens is 1. The zero-order chi connectivity index (χ0) is 19.1. The van der Waals surface area contributed by atoms with E-state index in [4.69, 9.17) is 0 Å². The molecule has 0 amide bonds. The Balaban J connectivity index is 1.86. The van der Waals surface area contributed by atoms with Crippen LogP contribution >= 0.6 is 11.8 Å². The number of hydrogen-bond acceptors (Lipinski definition) is 2. The molecule has 0 unspecified atom stereocenters. The highest BCUT2D eigenvalue weighted by Gasteiger charge is 2.25. The molecule has 2 heterocycles. The van der Waals surface area contributed by atoms with Crippen molar-refractivity contribution in [2.24, 2.45) is 0 Å². The third kappa shape index (κ3) is 3.14. The van der Waals surface area contributed by atoms with E-state index in [0.717, 1.165) is 13.1 Å². The molecule has 3 heteroatoms. The van der Waals surface area contributed by atoms with Crippen molar-refractivity contribution < 1.29 is 4.57 Å². The summed E-state index contributed by atoms with van der Waals surface area (Å²) in [5.41, 5.74) is 7.92. The third-order valence-electron chi connectivity index (χ3n) is 5.28. The number of aryl methyl sites for hydroxylation is 4. The molecule has 1 aliphatic heterocycles. The predicted molar refractivity (Wildman–Crippen MR) is 117 cm³/mol. The van der Waals surface area contributed by atoms with Crippen LogP contribution in [0.15, 0.2) is 52.4 Å². The summed E-state index contributed by atoms with van der Waals surface area (Å²) in [5, 5.41) is 2.63. The van der Waals surface area contributed by atoms with Crippen LogP contribution in [0, 0.1) is 20.8 Å². The summed E-state index contributed by atoms with van der Waals surface area (Å²) in [5.74, 6) is 0. The van der Waals surface area contributed by atoms with Gasteiger partial charge in [0.2, 0.25) is 11.2 Å². The number of benzene rings is 2. The molecule has 1 aliphatic rings. The van der Waals surface area contributed by atoms with Crippen molar-refractivity contribution in [2.45, 2.75) is 46.1 Å². The molecule has 2 nitrogen and oxygen atoms in total. The lowest BCUT2D eigenvalue weighted by Crippen LogP contribution is -2.37. The monoisotopic (exact) mass is 375 g/mol.